The van der Waals surface area contributed by atoms with Gasteiger partial charge < -0.3 is 10.1 Å². The number of hydrogen-bond acceptors (Lipinski definition) is 2. The first-order valence-electron chi connectivity index (χ1n) is 6.38. The standard InChI is InChI=1S/C15H25NO/c1-12(2)16-11-10-13-6-8-14(9-7-13)17-15(3,4)5/h6-9,12,16H,10-11H2,1-5H3. The molecule has 0 aliphatic carbocycles. The van der Waals surface area contributed by atoms with Crippen LogP contribution in [0.2, 0.25) is 0 Å². The van der Waals surface area contributed by atoms with Crippen LogP contribution >= 0.6 is 0 Å². The van der Waals surface area contributed by atoms with E-state index >= 15 is 0 Å². The van der Waals surface area contributed by atoms with Gasteiger partial charge in [0.25, 0.3) is 0 Å². The van der Waals surface area contributed by atoms with Crippen molar-refractivity contribution in [1.29, 1.82) is 0 Å². The number of benzene rings is 1. The summed E-state index contributed by atoms with van der Waals surface area (Å²) in [5, 5.41) is 3.42. The Labute approximate surface area is 105 Å². The lowest BCUT2D eigenvalue weighted by Gasteiger charge is -2.21. The Hall–Kier alpha value is -1.02. The minimum absolute atomic E-state index is 0.124. The van der Waals surface area contributed by atoms with E-state index in [-0.39, 0.29) is 5.60 Å². The number of rotatable bonds is 5. The van der Waals surface area contributed by atoms with Crippen molar-refractivity contribution in [2.24, 2.45) is 0 Å². The van der Waals surface area contributed by atoms with E-state index in [2.05, 4.69) is 64.2 Å². The van der Waals surface area contributed by atoms with Crippen LogP contribution in [-0.4, -0.2) is 18.2 Å². The molecule has 2 heteroatoms. The SMILES string of the molecule is CC(C)NCCc1ccc(OC(C)(C)C)cc1. The summed E-state index contributed by atoms with van der Waals surface area (Å²) in [5.41, 5.74) is 1.22. The maximum atomic E-state index is 5.78. The third kappa shape index (κ3) is 6.32. The molecule has 0 aliphatic rings. The molecule has 0 saturated heterocycles. The molecular weight excluding hydrogens is 210 g/mol. The van der Waals surface area contributed by atoms with Crippen molar-refractivity contribution in [2.75, 3.05) is 6.54 Å². The van der Waals surface area contributed by atoms with Crippen LogP contribution in [0.4, 0.5) is 0 Å². The molecular formula is C15H25NO. The van der Waals surface area contributed by atoms with E-state index in [1.165, 1.54) is 5.56 Å². The maximum Gasteiger partial charge on any atom is 0.120 e. The van der Waals surface area contributed by atoms with E-state index in [4.69, 9.17) is 4.74 Å². The highest BCUT2D eigenvalue weighted by molar-refractivity contribution is 5.27. The monoisotopic (exact) mass is 235 g/mol. The highest BCUT2D eigenvalue weighted by Crippen LogP contribution is 2.18. The number of hydrogen-bond donors (Lipinski definition) is 1. The second kappa shape index (κ2) is 6.06. The predicted octanol–water partition coefficient (Wildman–Crippen LogP) is 3.40. The Morgan fingerprint density at radius 3 is 2.18 bits per heavy atom. The largest absolute Gasteiger partial charge is 0.488 e. The molecule has 0 amide bonds. The van der Waals surface area contributed by atoms with E-state index in [0.29, 0.717) is 6.04 Å². The Balaban J connectivity index is 2.45. The molecule has 0 aromatic heterocycles. The van der Waals surface area contributed by atoms with Crippen molar-refractivity contribution in [1.82, 2.24) is 5.32 Å². The summed E-state index contributed by atoms with van der Waals surface area (Å²) < 4.78 is 5.78. The lowest BCUT2D eigenvalue weighted by Crippen LogP contribution is -2.25. The lowest BCUT2D eigenvalue weighted by atomic mass is 10.1. The minimum Gasteiger partial charge on any atom is -0.488 e. The van der Waals surface area contributed by atoms with Crippen LogP contribution in [0.1, 0.15) is 40.2 Å². The molecule has 0 radical (unpaired) electrons. The van der Waals surface area contributed by atoms with Gasteiger partial charge in [-0.15, -0.1) is 0 Å². The van der Waals surface area contributed by atoms with Crippen molar-refractivity contribution >= 4 is 0 Å². The van der Waals surface area contributed by atoms with Gasteiger partial charge in [-0.05, 0) is 51.4 Å². The lowest BCUT2D eigenvalue weighted by molar-refractivity contribution is 0.131. The third-order valence-corrected chi connectivity index (χ3v) is 2.31. The highest BCUT2D eigenvalue weighted by atomic mass is 16.5. The normalized spacial score (nSPS) is 11.9. The fraction of sp³-hybridized carbons (Fsp3) is 0.600. The Morgan fingerprint density at radius 2 is 1.71 bits per heavy atom. The van der Waals surface area contributed by atoms with Crippen LogP contribution in [0.25, 0.3) is 0 Å². The van der Waals surface area contributed by atoms with Crippen molar-refractivity contribution in [3.8, 4) is 5.75 Å². The Bertz CT molecular complexity index is 322. The second-order valence-electron chi connectivity index (χ2n) is 5.72. The topological polar surface area (TPSA) is 21.3 Å². The van der Waals surface area contributed by atoms with Gasteiger partial charge in [0.1, 0.15) is 11.4 Å². The summed E-state index contributed by atoms with van der Waals surface area (Å²) in [6, 6.07) is 8.94. The van der Waals surface area contributed by atoms with Gasteiger partial charge in [0.2, 0.25) is 0 Å². The van der Waals surface area contributed by atoms with E-state index < -0.39 is 0 Å². The molecule has 0 atom stereocenters. The third-order valence-electron chi connectivity index (χ3n) is 2.31. The number of ether oxygens (including phenoxy) is 1. The van der Waals surface area contributed by atoms with Gasteiger partial charge in [0, 0.05) is 6.04 Å². The maximum absolute atomic E-state index is 5.78. The summed E-state index contributed by atoms with van der Waals surface area (Å²) in [4.78, 5) is 0. The van der Waals surface area contributed by atoms with Crippen molar-refractivity contribution in [3.05, 3.63) is 29.8 Å². The summed E-state index contributed by atoms with van der Waals surface area (Å²) in [7, 11) is 0. The van der Waals surface area contributed by atoms with Crippen LogP contribution in [-0.2, 0) is 6.42 Å². The van der Waals surface area contributed by atoms with Crippen molar-refractivity contribution in [3.63, 3.8) is 0 Å². The Morgan fingerprint density at radius 1 is 1.12 bits per heavy atom. The molecule has 1 N–H and O–H groups in total. The molecule has 0 fully saturated rings. The zero-order valence-electron chi connectivity index (χ0n) is 11.7. The summed E-state index contributed by atoms with van der Waals surface area (Å²) in [6.45, 7) is 11.5. The van der Waals surface area contributed by atoms with Crippen molar-refractivity contribution < 1.29 is 4.74 Å². The van der Waals surface area contributed by atoms with E-state index in [9.17, 15) is 0 Å². The van der Waals surface area contributed by atoms with Crippen LogP contribution in [0, 0.1) is 0 Å². The molecule has 96 valence electrons. The van der Waals surface area contributed by atoms with Crippen LogP contribution in [0.15, 0.2) is 24.3 Å². The van der Waals surface area contributed by atoms with Crippen molar-refractivity contribution in [2.45, 2.75) is 52.7 Å². The molecule has 0 aliphatic heterocycles. The van der Waals surface area contributed by atoms with Crippen LogP contribution in [0.5, 0.6) is 5.75 Å². The fourth-order valence-electron chi connectivity index (χ4n) is 1.58. The molecule has 2 nitrogen and oxygen atoms in total. The summed E-state index contributed by atoms with van der Waals surface area (Å²) >= 11 is 0. The zero-order chi connectivity index (χ0) is 12.9. The fourth-order valence-corrected chi connectivity index (χ4v) is 1.58. The van der Waals surface area contributed by atoms with Gasteiger partial charge in [0.15, 0.2) is 0 Å². The van der Waals surface area contributed by atoms with E-state index in [1.807, 2.05) is 0 Å². The smallest absolute Gasteiger partial charge is 0.120 e. The Kier molecular flexibility index (Phi) is 5.01. The van der Waals surface area contributed by atoms with Gasteiger partial charge >= 0.3 is 0 Å². The predicted molar refractivity (Wildman–Crippen MR) is 73.7 cm³/mol. The first kappa shape index (κ1) is 14.0. The average Bonchev–Trinajstić information content (AvgIpc) is 2.18. The van der Waals surface area contributed by atoms with Gasteiger partial charge in [-0.2, -0.15) is 0 Å². The van der Waals surface area contributed by atoms with E-state index in [0.717, 1.165) is 18.7 Å². The second-order valence-corrected chi connectivity index (χ2v) is 5.72. The molecule has 0 saturated carbocycles. The first-order valence-corrected chi connectivity index (χ1v) is 6.38. The van der Waals surface area contributed by atoms with Crippen LogP contribution < -0.4 is 10.1 Å². The molecule has 17 heavy (non-hydrogen) atoms. The summed E-state index contributed by atoms with van der Waals surface area (Å²) in [5.74, 6) is 0.943. The molecule has 0 heterocycles. The van der Waals surface area contributed by atoms with Gasteiger partial charge in [0.05, 0.1) is 0 Å². The summed E-state index contributed by atoms with van der Waals surface area (Å²) in [6.07, 6.45) is 1.06. The average molecular weight is 235 g/mol. The van der Waals surface area contributed by atoms with Gasteiger partial charge in [-0.3, -0.25) is 0 Å². The van der Waals surface area contributed by atoms with E-state index in [1.54, 1.807) is 0 Å². The molecule has 0 unspecified atom stereocenters. The number of nitrogens with one attached hydrogen (secondary N) is 1. The first-order chi connectivity index (χ1) is 7.87. The zero-order valence-corrected chi connectivity index (χ0v) is 11.7. The molecule has 0 spiro atoms. The molecule has 1 aromatic carbocycles. The molecule has 0 bridgehead atoms. The van der Waals surface area contributed by atoms with Gasteiger partial charge in [-0.1, -0.05) is 26.0 Å². The molecule has 1 rings (SSSR count). The highest BCUT2D eigenvalue weighted by Gasteiger charge is 2.11. The van der Waals surface area contributed by atoms with Crippen LogP contribution in [0.3, 0.4) is 0 Å². The van der Waals surface area contributed by atoms with Gasteiger partial charge in [-0.25, -0.2) is 0 Å². The molecule has 1 aromatic rings. The minimum atomic E-state index is -0.124. The quantitative estimate of drug-likeness (QED) is 0.844.